The fourth-order valence-corrected chi connectivity index (χ4v) is 3.25. The lowest BCUT2D eigenvalue weighted by Gasteiger charge is -2.34. The highest BCUT2D eigenvalue weighted by atomic mass is 35.5. The van der Waals surface area contributed by atoms with Crippen molar-refractivity contribution in [2.75, 3.05) is 6.54 Å². The summed E-state index contributed by atoms with van der Waals surface area (Å²) in [5.41, 5.74) is 0.323. The number of alkyl halides is 3. The predicted octanol–water partition coefficient (Wildman–Crippen LogP) is 5.27. The van der Waals surface area contributed by atoms with Crippen LogP contribution in [0, 0.1) is 5.82 Å². The van der Waals surface area contributed by atoms with E-state index in [0.717, 1.165) is 43.1 Å². The minimum Gasteiger partial charge on any atom is -0.309 e. The molecule has 0 aromatic heterocycles. The Morgan fingerprint density at radius 1 is 1.04 bits per heavy atom. The minimum atomic E-state index is -4.47. The summed E-state index contributed by atoms with van der Waals surface area (Å²) in [6, 6.07) is 12.5. The van der Waals surface area contributed by atoms with Gasteiger partial charge in [-0.15, -0.1) is 24.8 Å². The fraction of sp³-hybridized carbons (Fsp3) is 0.368. The lowest BCUT2D eigenvalue weighted by atomic mass is 9.92. The monoisotopic (exact) mass is 424 g/mol. The molecule has 1 heterocycles. The smallest absolute Gasteiger partial charge is 0.309 e. The Bertz CT molecular complexity index is 711. The third-order valence-electron chi connectivity index (χ3n) is 4.54. The first-order valence-corrected chi connectivity index (χ1v) is 8.32. The van der Waals surface area contributed by atoms with Gasteiger partial charge in [0.25, 0.3) is 0 Å². The van der Waals surface area contributed by atoms with E-state index < -0.39 is 17.6 Å². The van der Waals surface area contributed by atoms with Gasteiger partial charge in [-0.2, -0.15) is 13.2 Å². The van der Waals surface area contributed by atoms with Crippen molar-refractivity contribution in [3.8, 4) is 0 Å². The van der Waals surface area contributed by atoms with E-state index in [0.29, 0.717) is 0 Å². The third-order valence-corrected chi connectivity index (χ3v) is 4.54. The number of hydrogen-bond acceptors (Lipinski definition) is 2. The summed E-state index contributed by atoms with van der Waals surface area (Å²) in [5.74, 6) is -0.625. The Kier molecular flexibility index (Phi) is 9.02. The van der Waals surface area contributed by atoms with Gasteiger partial charge in [-0.3, -0.25) is 0 Å². The van der Waals surface area contributed by atoms with Crippen molar-refractivity contribution >= 4 is 24.8 Å². The van der Waals surface area contributed by atoms with Gasteiger partial charge in [-0.05, 0) is 43.1 Å². The van der Waals surface area contributed by atoms with Crippen molar-refractivity contribution in [1.82, 2.24) is 10.6 Å². The van der Waals surface area contributed by atoms with E-state index in [4.69, 9.17) is 0 Å². The topological polar surface area (TPSA) is 24.1 Å². The molecule has 8 heteroatoms. The summed E-state index contributed by atoms with van der Waals surface area (Å²) in [7, 11) is 0. The molecule has 0 spiro atoms. The number of rotatable bonds is 4. The molecule has 0 amide bonds. The van der Waals surface area contributed by atoms with Crippen molar-refractivity contribution < 1.29 is 17.6 Å². The number of halogens is 6. The van der Waals surface area contributed by atoms with E-state index in [9.17, 15) is 17.6 Å². The van der Waals surface area contributed by atoms with Gasteiger partial charge in [0.2, 0.25) is 0 Å². The molecule has 0 radical (unpaired) electrons. The fourth-order valence-electron chi connectivity index (χ4n) is 3.25. The van der Waals surface area contributed by atoms with Crippen LogP contribution in [0.3, 0.4) is 0 Å². The normalized spacial score (nSPS) is 19.7. The Hall–Kier alpha value is -1.34. The van der Waals surface area contributed by atoms with Crippen LogP contribution in [0.1, 0.15) is 35.6 Å². The second-order valence-electron chi connectivity index (χ2n) is 6.28. The Morgan fingerprint density at radius 3 is 2.41 bits per heavy atom. The highest BCUT2D eigenvalue weighted by Crippen LogP contribution is 2.30. The van der Waals surface area contributed by atoms with Gasteiger partial charge in [0.1, 0.15) is 5.82 Å². The maximum atomic E-state index is 13.9. The number of hydrogen-bond donors (Lipinski definition) is 2. The highest BCUT2D eigenvalue weighted by molar-refractivity contribution is 5.85. The molecule has 27 heavy (non-hydrogen) atoms. The molecule has 2 aromatic rings. The molecule has 1 saturated heterocycles. The molecule has 0 bridgehead atoms. The van der Waals surface area contributed by atoms with E-state index in [1.165, 1.54) is 0 Å². The van der Waals surface area contributed by atoms with E-state index in [2.05, 4.69) is 10.6 Å². The molecular formula is C19H22Cl2F4N2. The lowest BCUT2D eigenvalue weighted by molar-refractivity contribution is -0.137. The third kappa shape index (κ3) is 6.07. The Labute approximate surface area is 168 Å². The van der Waals surface area contributed by atoms with Crippen molar-refractivity contribution in [2.45, 2.75) is 37.6 Å². The summed E-state index contributed by atoms with van der Waals surface area (Å²) in [6.45, 7) is 0.946. The van der Waals surface area contributed by atoms with Gasteiger partial charge in [0.05, 0.1) is 5.56 Å². The zero-order valence-corrected chi connectivity index (χ0v) is 16.1. The molecule has 2 nitrogen and oxygen atoms in total. The Balaban J connectivity index is 0.00000182. The van der Waals surface area contributed by atoms with Gasteiger partial charge in [-0.1, -0.05) is 30.3 Å². The molecule has 2 aromatic carbocycles. The SMILES string of the molecule is Cl.Cl.Fc1ccc(C(F)(F)F)cc1CNC1CCCNC1c1ccccc1. The van der Waals surface area contributed by atoms with Crippen molar-refractivity contribution in [3.63, 3.8) is 0 Å². The van der Waals surface area contributed by atoms with Crippen LogP contribution in [-0.2, 0) is 12.7 Å². The van der Waals surface area contributed by atoms with Gasteiger partial charge in [0.15, 0.2) is 0 Å². The van der Waals surface area contributed by atoms with E-state index >= 15 is 0 Å². The molecule has 1 fully saturated rings. The maximum absolute atomic E-state index is 13.9. The van der Waals surface area contributed by atoms with E-state index in [-0.39, 0.29) is 49.0 Å². The summed E-state index contributed by atoms with van der Waals surface area (Å²) in [5, 5.41) is 6.67. The zero-order chi connectivity index (χ0) is 17.9. The van der Waals surface area contributed by atoms with Crippen LogP contribution in [0.4, 0.5) is 17.6 Å². The molecule has 1 aliphatic heterocycles. The minimum absolute atomic E-state index is 0. The molecule has 0 saturated carbocycles. The first-order chi connectivity index (χ1) is 11.9. The first-order valence-electron chi connectivity index (χ1n) is 8.32. The summed E-state index contributed by atoms with van der Waals surface area (Å²) >= 11 is 0. The number of nitrogens with one attached hydrogen (secondary N) is 2. The van der Waals surface area contributed by atoms with Crippen LogP contribution in [-0.4, -0.2) is 12.6 Å². The molecule has 2 unspecified atom stereocenters. The summed E-state index contributed by atoms with van der Waals surface area (Å²) in [6.07, 6.45) is -2.62. The molecule has 2 N–H and O–H groups in total. The zero-order valence-electron chi connectivity index (χ0n) is 14.4. The average Bonchev–Trinajstić information content (AvgIpc) is 2.61. The molecule has 0 aliphatic carbocycles. The van der Waals surface area contributed by atoms with Crippen molar-refractivity contribution in [2.24, 2.45) is 0 Å². The van der Waals surface area contributed by atoms with Gasteiger partial charge < -0.3 is 10.6 Å². The standard InChI is InChI=1S/C19H20F4N2.2ClH/c20-16-9-8-15(19(21,22)23)11-14(16)12-25-17-7-4-10-24-18(17)13-5-2-1-3-6-13;;/h1-3,5-6,8-9,11,17-18,24-25H,4,7,10,12H2;2*1H. The van der Waals surface area contributed by atoms with Crippen LogP contribution in [0.5, 0.6) is 0 Å². The molecule has 1 aliphatic rings. The average molecular weight is 425 g/mol. The number of piperidine rings is 1. The Morgan fingerprint density at radius 2 is 1.74 bits per heavy atom. The largest absolute Gasteiger partial charge is 0.416 e. The van der Waals surface area contributed by atoms with E-state index in [1.807, 2.05) is 30.3 Å². The maximum Gasteiger partial charge on any atom is 0.416 e. The first kappa shape index (κ1) is 23.7. The van der Waals surface area contributed by atoms with Gasteiger partial charge >= 0.3 is 6.18 Å². The quantitative estimate of drug-likeness (QED) is 0.653. The predicted molar refractivity (Wildman–Crippen MR) is 103 cm³/mol. The van der Waals surface area contributed by atoms with Crippen LogP contribution in [0.2, 0.25) is 0 Å². The summed E-state index contributed by atoms with van der Waals surface area (Å²) < 4.78 is 52.4. The van der Waals surface area contributed by atoms with Crippen LogP contribution < -0.4 is 10.6 Å². The second kappa shape index (κ2) is 10.3. The van der Waals surface area contributed by atoms with Gasteiger partial charge in [0, 0.05) is 24.2 Å². The second-order valence-corrected chi connectivity index (χ2v) is 6.28. The van der Waals surface area contributed by atoms with Crippen molar-refractivity contribution in [1.29, 1.82) is 0 Å². The van der Waals surface area contributed by atoms with Crippen molar-refractivity contribution in [3.05, 3.63) is 71.0 Å². The molecule has 2 atom stereocenters. The lowest BCUT2D eigenvalue weighted by Crippen LogP contribution is -2.45. The summed E-state index contributed by atoms with van der Waals surface area (Å²) in [4.78, 5) is 0. The van der Waals surface area contributed by atoms with E-state index in [1.54, 1.807) is 0 Å². The molecular weight excluding hydrogens is 403 g/mol. The van der Waals surface area contributed by atoms with Crippen LogP contribution in [0.15, 0.2) is 48.5 Å². The number of benzene rings is 2. The molecule has 3 rings (SSSR count). The highest BCUT2D eigenvalue weighted by Gasteiger charge is 2.31. The molecule has 150 valence electrons. The van der Waals surface area contributed by atoms with Gasteiger partial charge in [-0.25, -0.2) is 4.39 Å². The van der Waals surface area contributed by atoms with Crippen LogP contribution >= 0.6 is 24.8 Å². The van der Waals surface area contributed by atoms with Crippen LogP contribution in [0.25, 0.3) is 0 Å².